The van der Waals surface area contributed by atoms with Gasteiger partial charge in [-0.2, -0.15) is 0 Å². The maximum absolute atomic E-state index is 5.82. The Kier molecular flexibility index (Phi) is 6.72. The van der Waals surface area contributed by atoms with E-state index in [4.69, 9.17) is 30.6 Å². The van der Waals surface area contributed by atoms with Crippen molar-refractivity contribution in [3.63, 3.8) is 0 Å². The molecule has 0 atom stereocenters. The molecule has 4 N–H and O–H groups in total. The Morgan fingerprint density at radius 1 is 0.774 bits per heavy atom. The summed E-state index contributed by atoms with van der Waals surface area (Å²) in [5, 5.41) is 0. The average Bonchev–Trinajstić information content (AvgIpc) is 3.37. The molecule has 0 amide bonds. The Morgan fingerprint density at radius 3 is 2.16 bits per heavy atom. The number of furan rings is 1. The van der Waals surface area contributed by atoms with Crippen LogP contribution in [0.5, 0.6) is 5.88 Å². The molecule has 158 valence electrons. The van der Waals surface area contributed by atoms with Crippen molar-refractivity contribution in [2.45, 2.75) is 19.4 Å². The van der Waals surface area contributed by atoms with Crippen LogP contribution in [0.2, 0.25) is 0 Å². The van der Waals surface area contributed by atoms with Gasteiger partial charge in [0.1, 0.15) is 5.69 Å². The normalized spacial score (nSPS) is 10.9. The van der Waals surface area contributed by atoms with Gasteiger partial charge in [-0.05, 0) is 36.6 Å². The molecule has 2 aromatic carbocycles. The predicted octanol–water partition coefficient (Wildman–Crippen LogP) is 4.65. The third kappa shape index (κ3) is 4.99. The third-order valence-electron chi connectivity index (χ3n) is 5.07. The van der Waals surface area contributed by atoms with Crippen molar-refractivity contribution in [1.82, 2.24) is 9.97 Å². The van der Waals surface area contributed by atoms with E-state index >= 15 is 0 Å². The Balaban J connectivity index is 1.69. The molecule has 4 rings (SSSR count). The second-order valence-electron chi connectivity index (χ2n) is 7.24. The monoisotopic (exact) mass is 414 g/mol. The molecule has 2 aromatic heterocycles. The van der Waals surface area contributed by atoms with Crippen molar-refractivity contribution >= 4 is 0 Å². The van der Waals surface area contributed by atoms with Crippen LogP contribution < -0.4 is 16.2 Å². The van der Waals surface area contributed by atoms with Crippen molar-refractivity contribution in [3.05, 3.63) is 78.9 Å². The van der Waals surface area contributed by atoms with Gasteiger partial charge in [-0.15, -0.1) is 0 Å². The van der Waals surface area contributed by atoms with Gasteiger partial charge in [0.05, 0.1) is 31.0 Å². The van der Waals surface area contributed by atoms with E-state index in [1.54, 1.807) is 18.7 Å². The van der Waals surface area contributed by atoms with Crippen LogP contribution in [0.3, 0.4) is 0 Å². The second-order valence-corrected chi connectivity index (χ2v) is 7.24. The predicted molar refractivity (Wildman–Crippen MR) is 122 cm³/mol. The molecule has 0 aliphatic heterocycles. The molecule has 2 heterocycles. The van der Waals surface area contributed by atoms with E-state index < -0.39 is 0 Å². The number of nitrogens with zero attached hydrogens (tertiary/aromatic N) is 2. The zero-order valence-corrected chi connectivity index (χ0v) is 17.3. The largest absolute Gasteiger partial charge is 0.477 e. The molecular formula is C25H26N4O2. The zero-order chi connectivity index (χ0) is 21.5. The minimum Gasteiger partial charge on any atom is -0.477 e. The molecule has 0 aliphatic carbocycles. The number of benzene rings is 2. The number of hydrogen-bond donors (Lipinski definition) is 2. The highest BCUT2D eigenvalue weighted by Gasteiger charge is 2.14. The third-order valence-corrected chi connectivity index (χ3v) is 5.07. The second kappa shape index (κ2) is 10.0. The summed E-state index contributed by atoms with van der Waals surface area (Å²) in [5.41, 5.74) is 18.0. The van der Waals surface area contributed by atoms with Crippen molar-refractivity contribution < 1.29 is 9.15 Å². The summed E-state index contributed by atoms with van der Waals surface area (Å²) < 4.78 is 11.0. The van der Waals surface area contributed by atoms with Crippen molar-refractivity contribution in [2.24, 2.45) is 11.5 Å². The van der Waals surface area contributed by atoms with Crippen LogP contribution in [0, 0.1) is 0 Å². The van der Waals surface area contributed by atoms with Gasteiger partial charge < -0.3 is 20.6 Å². The molecule has 0 radical (unpaired) electrons. The molecular weight excluding hydrogens is 388 g/mol. The van der Waals surface area contributed by atoms with Crippen LogP contribution in [-0.4, -0.2) is 23.1 Å². The van der Waals surface area contributed by atoms with Crippen molar-refractivity contribution in [2.75, 3.05) is 13.2 Å². The van der Waals surface area contributed by atoms with Crippen molar-refractivity contribution in [3.8, 4) is 39.5 Å². The maximum Gasteiger partial charge on any atom is 0.232 e. The molecule has 0 saturated heterocycles. The Labute approximate surface area is 181 Å². The van der Waals surface area contributed by atoms with Gasteiger partial charge in [-0.25, -0.2) is 9.97 Å². The highest BCUT2D eigenvalue weighted by atomic mass is 16.5. The minimum atomic E-state index is 0.504. The van der Waals surface area contributed by atoms with E-state index in [1.165, 1.54) is 0 Å². The lowest BCUT2D eigenvalue weighted by Gasteiger charge is -2.12. The molecule has 0 spiro atoms. The summed E-state index contributed by atoms with van der Waals surface area (Å²) in [6, 6.07) is 18.2. The van der Waals surface area contributed by atoms with E-state index in [0.29, 0.717) is 25.6 Å². The Morgan fingerprint density at radius 2 is 1.48 bits per heavy atom. The number of aromatic nitrogens is 2. The number of ether oxygens (including phenoxy) is 1. The lowest BCUT2D eigenvalue weighted by Crippen LogP contribution is -2.05. The maximum atomic E-state index is 5.82. The summed E-state index contributed by atoms with van der Waals surface area (Å²) in [5.74, 6) is 0.508. The fraction of sp³-hybridized carbons (Fsp3) is 0.200. The fourth-order valence-corrected chi connectivity index (χ4v) is 3.33. The summed E-state index contributed by atoms with van der Waals surface area (Å²) >= 11 is 0. The number of nitrogens with two attached hydrogens (primary N) is 2. The molecule has 6 nitrogen and oxygen atoms in total. The van der Waals surface area contributed by atoms with Crippen LogP contribution in [0.1, 0.15) is 18.4 Å². The summed E-state index contributed by atoms with van der Waals surface area (Å²) in [6.07, 6.45) is 6.88. The van der Waals surface area contributed by atoms with Crippen LogP contribution in [0.25, 0.3) is 33.6 Å². The van der Waals surface area contributed by atoms with Crippen molar-refractivity contribution in [1.29, 1.82) is 0 Å². The Bertz CT molecular complexity index is 1090. The highest BCUT2D eigenvalue weighted by Crippen LogP contribution is 2.32. The van der Waals surface area contributed by atoms with Crippen LogP contribution in [-0.2, 0) is 6.54 Å². The van der Waals surface area contributed by atoms with Crippen LogP contribution in [0.4, 0.5) is 0 Å². The SMILES string of the molecule is NCCCCOc1cnc(-c2ccc(CN)cc2)c(-c2ccc(-c3ccoc3)cc2)n1. The van der Waals surface area contributed by atoms with Gasteiger partial charge in [0.25, 0.3) is 0 Å². The van der Waals surface area contributed by atoms with Crippen LogP contribution in [0.15, 0.2) is 77.7 Å². The lowest BCUT2D eigenvalue weighted by atomic mass is 10.0. The zero-order valence-electron chi connectivity index (χ0n) is 17.3. The van der Waals surface area contributed by atoms with Gasteiger partial charge in [0, 0.05) is 23.2 Å². The lowest BCUT2D eigenvalue weighted by molar-refractivity contribution is 0.295. The number of hydrogen-bond acceptors (Lipinski definition) is 6. The van der Waals surface area contributed by atoms with Gasteiger partial charge in [-0.3, -0.25) is 0 Å². The van der Waals surface area contributed by atoms with E-state index in [2.05, 4.69) is 12.1 Å². The van der Waals surface area contributed by atoms with Gasteiger partial charge in [0.15, 0.2) is 0 Å². The summed E-state index contributed by atoms with van der Waals surface area (Å²) in [7, 11) is 0. The Hall–Kier alpha value is -3.48. The highest BCUT2D eigenvalue weighted by molar-refractivity contribution is 5.79. The smallest absolute Gasteiger partial charge is 0.232 e. The quantitative estimate of drug-likeness (QED) is 0.387. The first-order valence-electron chi connectivity index (χ1n) is 10.4. The minimum absolute atomic E-state index is 0.504. The first-order chi connectivity index (χ1) is 15.3. The van der Waals surface area contributed by atoms with Crippen LogP contribution >= 0.6 is 0 Å². The van der Waals surface area contributed by atoms with E-state index in [9.17, 15) is 0 Å². The molecule has 4 aromatic rings. The van der Waals surface area contributed by atoms with E-state index in [-0.39, 0.29) is 0 Å². The molecule has 6 heteroatoms. The van der Waals surface area contributed by atoms with E-state index in [0.717, 1.165) is 52.0 Å². The molecule has 0 saturated carbocycles. The molecule has 0 fully saturated rings. The standard InChI is InChI=1S/C25H26N4O2/c26-12-1-2-13-31-23-16-28-24(20-5-3-18(15-27)4-6-20)25(29-23)21-9-7-19(8-10-21)22-11-14-30-17-22/h3-11,14,16-17H,1-2,12-13,15,26-27H2. The summed E-state index contributed by atoms with van der Waals surface area (Å²) in [4.78, 5) is 9.49. The fourth-order valence-electron chi connectivity index (χ4n) is 3.33. The molecule has 0 unspecified atom stereocenters. The molecule has 31 heavy (non-hydrogen) atoms. The average molecular weight is 415 g/mol. The van der Waals surface area contributed by atoms with Gasteiger partial charge in [-0.1, -0.05) is 48.5 Å². The van der Waals surface area contributed by atoms with Gasteiger partial charge >= 0.3 is 0 Å². The first-order valence-corrected chi connectivity index (χ1v) is 10.4. The van der Waals surface area contributed by atoms with Gasteiger partial charge in [0.2, 0.25) is 5.88 Å². The van der Waals surface area contributed by atoms with E-state index in [1.807, 2.05) is 42.5 Å². The number of unbranched alkanes of at least 4 members (excludes halogenated alkanes) is 1. The number of rotatable bonds is 9. The molecule has 0 bridgehead atoms. The summed E-state index contributed by atoms with van der Waals surface area (Å²) in [6.45, 7) is 1.72. The topological polar surface area (TPSA) is 100 Å². The first kappa shape index (κ1) is 20.8. The molecule has 0 aliphatic rings.